The lowest BCUT2D eigenvalue weighted by atomic mass is 9.81. The summed E-state index contributed by atoms with van der Waals surface area (Å²) in [5.74, 6) is 0. The van der Waals surface area contributed by atoms with E-state index in [9.17, 15) is 26.3 Å². The zero-order chi connectivity index (χ0) is 14.5. The zero-order valence-electron chi connectivity index (χ0n) is 9.90. The summed E-state index contributed by atoms with van der Waals surface area (Å²) in [5, 5.41) is 2.66. The molecule has 0 bridgehead atoms. The monoisotopic (exact) mass is 320 g/mol. The number of rotatable bonds is 1. The number of hydrogen-bond acceptors (Lipinski definition) is 2. The van der Waals surface area contributed by atoms with Crippen LogP contribution >= 0.6 is 12.4 Å². The van der Waals surface area contributed by atoms with Crippen LogP contribution in [0.1, 0.15) is 16.7 Å². The number of nitrogens with two attached hydrogens (primary N) is 1. The third kappa shape index (κ3) is 3.02. The topological polar surface area (TPSA) is 38.0 Å². The molecule has 3 N–H and O–H groups in total. The van der Waals surface area contributed by atoms with Crippen molar-refractivity contribution >= 4 is 12.4 Å². The lowest BCUT2D eigenvalue weighted by Crippen LogP contribution is -2.63. The van der Waals surface area contributed by atoms with E-state index < -0.39 is 34.6 Å². The quantitative estimate of drug-likeness (QED) is 0.781. The molecule has 0 saturated carbocycles. The van der Waals surface area contributed by atoms with Crippen molar-refractivity contribution in [2.24, 2.45) is 5.73 Å². The first-order valence-corrected chi connectivity index (χ1v) is 5.32. The van der Waals surface area contributed by atoms with E-state index in [0.29, 0.717) is 18.2 Å². The van der Waals surface area contributed by atoms with Gasteiger partial charge in [-0.1, -0.05) is 0 Å². The van der Waals surface area contributed by atoms with Gasteiger partial charge in [-0.2, -0.15) is 26.3 Å². The van der Waals surface area contributed by atoms with Gasteiger partial charge in [0.25, 0.3) is 0 Å². The van der Waals surface area contributed by atoms with Gasteiger partial charge in [-0.25, -0.2) is 0 Å². The number of nitrogens with one attached hydrogen (secondary N) is 1. The summed E-state index contributed by atoms with van der Waals surface area (Å²) in [5.41, 5.74) is 1.52. The third-order valence-corrected chi connectivity index (χ3v) is 3.07. The van der Waals surface area contributed by atoms with Gasteiger partial charge in [0.1, 0.15) is 0 Å². The standard InChI is InChI=1S/C11H10F6N2.ClH/c12-10(13,14)6-1-2-7(11(15,16)17)8(3-6)9(18)4-19-5-9;/h1-3,19H,4-5,18H2;1H. The molecular formula is C11H11ClF6N2. The van der Waals surface area contributed by atoms with Crippen LogP contribution in [0, 0.1) is 0 Å². The van der Waals surface area contributed by atoms with Crippen molar-refractivity contribution in [1.29, 1.82) is 0 Å². The van der Waals surface area contributed by atoms with Gasteiger partial charge in [0, 0.05) is 13.1 Å². The molecule has 1 fully saturated rings. The molecule has 1 aliphatic rings. The van der Waals surface area contributed by atoms with E-state index in [1.54, 1.807) is 0 Å². The molecule has 2 nitrogen and oxygen atoms in total. The molecule has 1 saturated heterocycles. The van der Waals surface area contributed by atoms with E-state index in [1.807, 2.05) is 0 Å². The Morgan fingerprint density at radius 2 is 1.55 bits per heavy atom. The van der Waals surface area contributed by atoms with Crippen molar-refractivity contribution in [1.82, 2.24) is 5.32 Å². The zero-order valence-corrected chi connectivity index (χ0v) is 10.7. The maximum atomic E-state index is 12.8. The fraction of sp³-hybridized carbons (Fsp3) is 0.455. The van der Waals surface area contributed by atoms with Crippen molar-refractivity contribution in [2.45, 2.75) is 17.9 Å². The van der Waals surface area contributed by atoms with Crippen molar-refractivity contribution in [2.75, 3.05) is 13.1 Å². The Hall–Kier alpha value is -0.990. The molecule has 0 radical (unpaired) electrons. The molecular weight excluding hydrogens is 310 g/mol. The summed E-state index contributed by atoms with van der Waals surface area (Å²) in [6.45, 7) is 0.0226. The van der Waals surface area contributed by atoms with Crippen LogP contribution in [0.4, 0.5) is 26.3 Å². The lowest BCUT2D eigenvalue weighted by Gasteiger charge is -2.41. The largest absolute Gasteiger partial charge is 0.416 e. The third-order valence-electron chi connectivity index (χ3n) is 3.07. The van der Waals surface area contributed by atoms with Gasteiger partial charge in [0.2, 0.25) is 0 Å². The highest BCUT2D eigenvalue weighted by Gasteiger charge is 2.44. The first-order valence-electron chi connectivity index (χ1n) is 5.32. The first-order chi connectivity index (χ1) is 8.54. The van der Waals surface area contributed by atoms with Crippen molar-refractivity contribution in [3.05, 3.63) is 34.9 Å². The van der Waals surface area contributed by atoms with E-state index in [0.717, 1.165) is 0 Å². The summed E-state index contributed by atoms with van der Waals surface area (Å²) < 4.78 is 76.1. The molecule has 0 atom stereocenters. The van der Waals surface area contributed by atoms with Crippen LogP contribution in [-0.2, 0) is 17.9 Å². The minimum absolute atomic E-state index is 0. The van der Waals surface area contributed by atoms with E-state index >= 15 is 0 Å². The summed E-state index contributed by atoms with van der Waals surface area (Å²) in [4.78, 5) is 0. The predicted molar refractivity (Wildman–Crippen MR) is 62.4 cm³/mol. The molecule has 0 spiro atoms. The van der Waals surface area contributed by atoms with E-state index in [-0.39, 0.29) is 25.5 Å². The molecule has 9 heteroatoms. The molecule has 2 rings (SSSR count). The highest BCUT2D eigenvalue weighted by molar-refractivity contribution is 5.85. The number of halogens is 7. The summed E-state index contributed by atoms with van der Waals surface area (Å²) in [6, 6.07) is 1.34. The summed E-state index contributed by atoms with van der Waals surface area (Å²) >= 11 is 0. The second kappa shape index (κ2) is 5.09. The molecule has 1 aromatic carbocycles. The fourth-order valence-corrected chi connectivity index (χ4v) is 1.96. The van der Waals surface area contributed by atoms with Crippen LogP contribution < -0.4 is 11.1 Å². The highest BCUT2D eigenvalue weighted by atomic mass is 35.5. The molecule has 114 valence electrons. The Labute approximate surface area is 116 Å². The van der Waals surface area contributed by atoms with Crippen LogP contribution in [0.5, 0.6) is 0 Å². The molecule has 1 heterocycles. The highest BCUT2D eigenvalue weighted by Crippen LogP contribution is 2.40. The SMILES string of the molecule is Cl.NC1(c2cc(C(F)(F)F)ccc2C(F)(F)F)CNC1. The second-order valence-corrected chi connectivity index (χ2v) is 4.52. The van der Waals surface area contributed by atoms with Crippen molar-refractivity contribution in [3.8, 4) is 0 Å². The average molecular weight is 321 g/mol. The second-order valence-electron chi connectivity index (χ2n) is 4.52. The van der Waals surface area contributed by atoms with Crippen molar-refractivity contribution < 1.29 is 26.3 Å². The van der Waals surface area contributed by atoms with Gasteiger partial charge < -0.3 is 11.1 Å². The van der Waals surface area contributed by atoms with Crippen LogP contribution in [0.2, 0.25) is 0 Å². The van der Waals surface area contributed by atoms with E-state index in [2.05, 4.69) is 5.32 Å². The van der Waals surface area contributed by atoms with Gasteiger partial charge in [-0.15, -0.1) is 12.4 Å². The Kier molecular flexibility index (Phi) is 4.34. The molecule has 0 aromatic heterocycles. The Balaban J connectivity index is 0.00000200. The first kappa shape index (κ1) is 17.1. The van der Waals surface area contributed by atoms with E-state index in [1.165, 1.54) is 0 Å². The molecule has 0 amide bonds. The maximum Gasteiger partial charge on any atom is 0.416 e. The minimum Gasteiger partial charge on any atom is -0.319 e. The Morgan fingerprint density at radius 1 is 1.00 bits per heavy atom. The Bertz CT molecular complexity index is 493. The van der Waals surface area contributed by atoms with Crippen LogP contribution in [0.15, 0.2) is 18.2 Å². The van der Waals surface area contributed by atoms with Gasteiger partial charge in [0.05, 0.1) is 16.7 Å². The van der Waals surface area contributed by atoms with Gasteiger partial charge in [0.15, 0.2) is 0 Å². The molecule has 0 unspecified atom stereocenters. The van der Waals surface area contributed by atoms with Crippen LogP contribution in [0.25, 0.3) is 0 Å². The van der Waals surface area contributed by atoms with Gasteiger partial charge >= 0.3 is 12.4 Å². The number of benzene rings is 1. The van der Waals surface area contributed by atoms with Crippen LogP contribution in [0.3, 0.4) is 0 Å². The maximum absolute atomic E-state index is 12.8. The Morgan fingerprint density at radius 3 is 1.90 bits per heavy atom. The summed E-state index contributed by atoms with van der Waals surface area (Å²) in [6.07, 6.45) is -9.44. The molecule has 20 heavy (non-hydrogen) atoms. The predicted octanol–water partition coefficient (Wildman–Crippen LogP) is 2.90. The smallest absolute Gasteiger partial charge is 0.319 e. The molecule has 1 aromatic rings. The number of alkyl halides is 6. The minimum atomic E-state index is -4.73. The van der Waals surface area contributed by atoms with Gasteiger partial charge in [-0.3, -0.25) is 0 Å². The lowest BCUT2D eigenvalue weighted by molar-refractivity contribution is -0.142. The normalized spacial score (nSPS) is 18.1. The average Bonchev–Trinajstić information content (AvgIpc) is 2.22. The molecule has 0 aliphatic carbocycles. The van der Waals surface area contributed by atoms with Gasteiger partial charge in [-0.05, 0) is 23.8 Å². The van der Waals surface area contributed by atoms with Crippen LogP contribution in [-0.4, -0.2) is 13.1 Å². The van der Waals surface area contributed by atoms with E-state index in [4.69, 9.17) is 5.73 Å². The molecule has 1 aliphatic heterocycles. The summed E-state index contributed by atoms with van der Waals surface area (Å²) in [7, 11) is 0. The number of hydrogen-bond donors (Lipinski definition) is 2. The van der Waals surface area contributed by atoms with Crippen molar-refractivity contribution in [3.63, 3.8) is 0 Å². The fourth-order valence-electron chi connectivity index (χ4n) is 1.96.